The zero-order chi connectivity index (χ0) is 18.2. The molecule has 0 amide bonds. The minimum atomic E-state index is -2.08. The molecule has 6 nitrogen and oxygen atoms in total. The molecule has 0 radical (unpaired) electrons. The molecule has 2 aromatic carbocycles. The van der Waals surface area contributed by atoms with Crippen molar-refractivity contribution in [3.8, 4) is 11.5 Å². The van der Waals surface area contributed by atoms with Crippen LogP contribution in [0.5, 0.6) is 11.5 Å². The van der Waals surface area contributed by atoms with Crippen LogP contribution in [0, 0.1) is 4.78 Å². The smallest absolute Gasteiger partial charge is 0.337 e. The number of ether oxygens (including phenoxy) is 2. The lowest BCUT2D eigenvalue weighted by Gasteiger charge is -2.20. The van der Waals surface area contributed by atoms with Crippen molar-refractivity contribution in [2.75, 3.05) is 19.0 Å². The van der Waals surface area contributed by atoms with Crippen LogP contribution in [0.4, 0.5) is 5.69 Å². The number of para-hydroxylation sites is 1. The summed E-state index contributed by atoms with van der Waals surface area (Å²) in [4.78, 5) is 12.0. The van der Waals surface area contributed by atoms with Gasteiger partial charge in [0.15, 0.2) is 0 Å². The Bertz CT molecular complexity index is 796. The summed E-state index contributed by atoms with van der Waals surface area (Å²) in [5.41, 5.74) is 0.730. The fourth-order valence-electron chi connectivity index (χ4n) is 2.22. The first-order valence-electron chi connectivity index (χ1n) is 7.93. The third-order valence-electron chi connectivity index (χ3n) is 3.48. The summed E-state index contributed by atoms with van der Waals surface area (Å²) in [6, 6.07) is 12.0. The van der Waals surface area contributed by atoms with Crippen LogP contribution in [-0.4, -0.2) is 19.6 Å². The second kappa shape index (κ2) is 9.08. The maximum Gasteiger partial charge on any atom is 0.337 e. The van der Waals surface area contributed by atoms with Gasteiger partial charge in [0.2, 0.25) is 0 Å². The van der Waals surface area contributed by atoms with Crippen molar-refractivity contribution < 1.29 is 18.5 Å². The number of esters is 1. The number of hydrogen-bond acceptors (Lipinski definition) is 7. The first-order chi connectivity index (χ1) is 12.1. The molecule has 134 valence electrons. The Hall–Kier alpha value is -2.54. The van der Waals surface area contributed by atoms with Gasteiger partial charge in [0.1, 0.15) is 11.5 Å². The SMILES string of the molecule is CCCCNc1cc(C(=O)OC)cc([S-](=N)=O)c1Oc1ccccc1. The van der Waals surface area contributed by atoms with Crippen LogP contribution in [0.25, 0.3) is 0 Å². The molecule has 7 heteroatoms. The highest BCUT2D eigenvalue weighted by Crippen LogP contribution is 2.36. The molecular formula is C18H21N2O4S-. The van der Waals surface area contributed by atoms with Crippen molar-refractivity contribution >= 4 is 22.3 Å². The van der Waals surface area contributed by atoms with Crippen LogP contribution in [0.15, 0.2) is 47.4 Å². The largest absolute Gasteiger partial charge is 0.465 e. The summed E-state index contributed by atoms with van der Waals surface area (Å²) >= 11 is 0. The lowest BCUT2D eigenvalue weighted by molar-refractivity contribution is 0.0600. The van der Waals surface area contributed by atoms with Gasteiger partial charge in [0.25, 0.3) is 0 Å². The fourth-order valence-corrected chi connectivity index (χ4v) is 2.77. The van der Waals surface area contributed by atoms with E-state index in [1.165, 1.54) is 13.2 Å². The number of carbonyl (C=O) groups excluding carboxylic acids is 1. The molecule has 0 aromatic heterocycles. The number of carbonyl (C=O) groups is 1. The molecule has 0 saturated heterocycles. The summed E-state index contributed by atoms with van der Waals surface area (Å²) in [6.45, 7) is 2.73. The Balaban J connectivity index is 2.53. The molecular weight excluding hydrogens is 340 g/mol. The normalized spacial score (nSPS) is 10.5. The lowest BCUT2D eigenvalue weighted by atomic mass is 10.1. The average Bonchev–Trinajstić information content (AvgIpc) is 2.62. The molecule has 0 atom stereocenters. The van der Waals surface area contributed by atoms with Crippen molar-refractivity contribution in [2.45, 2.75) is 24.7 Å². The van der Waals surface area contributed by atoms with Gasteiger partial charge in [-0.1, -0.05) is 42.5 Å². The van der Waals surface area contributed by atoms with E-state index >= 15 is 0 Å². The van der Waals surface area contributed by atoms with Crippen molar-refractivity contribution in [1.82, 2.24) is 0 Å². The van der Waals surface area contributed by atoms with Crippen LogP contribution in [0.2, 0.25) is 0 Å². The summed E-state index contributed by atoms with van der Waals surface area (Å²) in [5, 5.41) is 3.20. The number of hydrogen-bond donors (Lipinski definition) is 2. The Kier molecular flexibility index (Phi) is 6.82. The molecule has 2 N–H and O–H groups in total. The first kappa shape index (κ1) is 18.8. The second-order valence-corrected chi connectivity index (χ2v) is 6.28. The molecule has 2 rings (SSSR count). The van der Waals surface area contributed by atoms with Crippen molar-refractivity contribution in [3.63, 3.8) is 0 Å². The van der Waals surface area contributed by atoms with Crippen LogP contribution in [0.1, 0.15) is 30.1 Å². The highest BCUT2D eigenvalue weighted by atomic mass is 32.2. The predicted molar refractivity (Wildman–Crippen MR) is 96.7 cm³/mol. The average molecular weight is 361 g/mol. The lowest BCUT2D eigenvalue weighted by Crippen LogP contribution is -2.08. The number of methoxy groups -OCH3 is 1. The van der Waals surface area contributed by atoms with Gasteiger partial charge in [0.05, 0.1) is 18.4 Å². The van der Waals surface area contributed by atoms with Crippen LogP contribution in [0.3, 0.4) is 0 Å². The van der Waals surface area contributed by atoms with E-state index in [9.17, 15) is 9.00 Å². The van der Waals surface area contributed by atoms with Gasteiger partial charge in [-0.25, -0.2) is 4.79 Å². The maximum atomic E-state index is 11.9. The van der Waals surface area contributed by atoms with Gasteiger partial charge in [-0.05, 0) is 24.6 Å². The Morgan fingerprint density at radius 2 is 1.96 bits per heavy atom. The molecule has 0 heterocycles. The highest BCUT2D eigenvalue weighted by molar-refractivity contribution is 7.73. The van der Waals surface area contributed by atoms with E-state index in [0.29, 0.717) is 18.0 Å². The fraction of sp³-hybridized carbons (Fsp3) is 0.278. The zero-order valence-corrected chi connectivity index (χ0v) is 15.0. The molecule has 0 aliphatic heterocycles. The molecule has 0 fully saturated rings. The highest BCUT2D eigenvalue weighted by Gasteiger charge is 2.14. The summed E-state index contributed by atoms with van der Waals surface area (Å²) < 4.78 is 30.2. The van der Waals surface area contributed by atoms with Gasteiger partial charge in [-0.3, -0.25) is 0 Å². The van der Waals surface area contributed by atoms with E-state index in [1.54, 1.807) is 18.2 Å². The predicted octanol–water partition coefficient (Wildman–Crippen LogP) is 4.56. The molecule has 2 aromatic rings. The van der Waals surface area contributed by atoms with E-state index in [2.05, 4.69) is 12.2 Å². The van der Waals surface area contributed by atoms with E-state index in [4.69, 9.17) is 14.3 Å². The third kappa shape index (κ3) is 4.96. The maximum absolute atomic E-state index is 11.9. The summed E-state index contributed by atoms with van der Waals surface area (Å²) in [6.07, 6.45) is 1.92. The van der Waals surface area contributed by atoms with E-state index in [-0.39, 0.29) is 16.2 Å². The zero-order valence-electron chi connectivity index (χ0n) is 14.2. The Morgan fingerprint density at radius 3 is 2.56 bits per heavy atom. The van der Waals surface area contributed by atoms with E-state index in [1.807, 2.05) is 18.2 Å². The van der Waals surface area contributed by atoms with Gasteiger partial charge in [-0.15, -0.1) is 0 Å². The van der Waals surface area contributed by atoms with Crippen molar-refractivity contribution in [2.24, 2.45) is 0 Å². The van der Waals surface area contributed by atoms with Crippen LogP contribution in [-0.2, 0) is 19.5 Å². The first-order valence-corrected chi connectivity index (χ1v) is 9.08. The van der Waals surface area contributed by atoms with Crippen molar-refractivity contribution in [3.05, 3.63) is 48.0 Å². The number of anilines is 1. The van der Waals surface area contributed by atoms with Crippen LogP contribution < -0.4 is 10.1 Å². The monoisotopic (exact) mass is 361 g/mol. The van der Waals surface area contributed by atoms with Gasteiger partial charge >= 0.3 is 5.97 Å². The van der Waals surface area contributed by atoms with Crippen molar-refractivity contribution in [1.29, 1.82) is 4.78 Å². The summed E-state index contributed by atoms with van der Waals surface area (Å²) in [5.74, 6) is 0.276. The third-order valence-corrected chi connectivity index (χ3v) is 4.19. The van der Waals surface area contributed by atoms with E-state index in [0.717, 1.165) is 12.8 Å². The molecule has 25 heavy (non-hydrogen) atoms. The number of benzene rings is 2. The van der Waals surface area contributed by atoms with Gasteiger partial charge in [-0.2, -0.15) is 10.6 Å². The molecule has 0 unspecified atom stereocenters. The number of rotatable bonds is 8. The second-order valence-electron chi connectivity index (χ2n) is 5.31. The van der Waals surface area contributed by atoms with Crippen LogP contribution >= 0.6 is 0 Å². The molecule has 0 spiro atoms. The van der Waals surface area contributed by atoms with Gasteiger partial charge < -0.3 is 23.8 Å². The molecule has 0 saturated carbocycles. The Labute approximate surface area is 149 Å². The van der Waals surface area contributed by atoms with Gasteiger partial charge in [0, 0.05) is 6.54 Å². The number of unbranched alkanes of at least 4 members (excludes halogenated alkanes) is 1. The molecule has 0 aliphatic carbocycles. The Morgan fingerprint density at radius 1 is 1.24 bits per heavy atom. The quantitative estimate of drug-likeness (QED) is 0.409. The van der Waals surface area contributed by atoms with E-state index < -0.39 is 16.6 Å². The minimum absolute atomic E-state index is 0.116. The standard InChI is InChI=1S/C18H21N2O4S/c1-3-4-10-20-15-11-13(18(21)23-2)12-16(25(19)22)17(15)24-14-8-6-5-7-9-14/h5-9,11-12,19-20H,3-4,10H2,1-2H3/q-1. The topological polar surface area (TPSA) is 88.5 Å². The minimum Gasteiger partial charge on any atom is -0.465 e. The number of nitrogens with one attached hydrogen (secondary N) is 2. The molecule has 0 bridgehead atoms. The molecule has 0 aliphatic rings. The summed E-state index contributed by atoms with van der Waals surface area (Å²) in [7, 11) is -0.807.